The normalized spacial score (nSPS) is 13.1. The van der Waals surface area contributed by atoms with Gasteiger partial charge in [-0.2, -0.15) is 0 Å². The Bertz CT molecular complexity index is 554. The third-order valence-electron chi connectivity index (χ3n) is 3.62. The highest BCUT2D eigenvalue weighted by Crippen LogP contribution is 2.32. The van der Waals surface area contributed by atoms with Crippen molar-refractivity contribution in [2.45, 2.75) is 18.9 Å². The minimum absolute atomic E-state index is 0.441. The zero-order valence-corrected chi connectivity index (χ0v) is 13.3. The Morgan fingerprint density at radius 2 is 1.52 bits per heavy atom. The van der Waals surface area contributed by atoms with Gasteiger partial charge in [0.1, 0.15) is 5.75 Å². The topological polar surface area (TPSA) is 105 Å². The molecule has 0 fully saturated rings. The molecule has 0 radical (unpaired) electrons. The van der Waals surface area contributed by atoms with Crippen molar-refractivity contribution in [3.63, 3.8) is 0 Å². The van der Waals surface area contributed by atoms with Crippen molar-refractivity contribution in [3.8, 4) is 5.75 Å². The van der Waals surface area contributed by atoms with Crippen LogP contribution in [0.1, 0.15) is 18.4 Å². The smallest absolute Gasteiger partial charge is 0.320 e. The van der Waals surface area contributed by atoms with Crippen molar-refractivity contribution in [1.82, 2.24) is 0 Å². The highest BCUT2D eigenvalue weighted by Gasteiger charge is 2.45. The molecule has 0 saturated heterocycles. The van der Waals surface area contributed by atoms with E-state index in [2.05, 4.69) is 9.47 Å². The van der Waals surface area contributed by atoms with Gasteiger partial charge in [-0.25, -0.2) is 0 Å². The first-order chi connectivity index (χ1) is 10.9. The van der Waals surface area contributed by atoms with Crippen LogP contribution in [0, 0.1) is 16.0 Å². The number of rotatable bonds is 7. The number of carbonyl (C=O) groups excluding carboxylic acids is 2. The Morgan fingerprint density at radius 1 is 1.04 bits per heavy atom. The maximum Gasteiger partial charge on any atom is 0.320 e. The van der Waals surface area contributed by atoms with Gasteiger partial charge in [0.05, 0.1) is 27.2 Å². The number of hydrogen-bond donors (Lipinski definition) is 0. The van der Waals surface area contributed by atoms with E-state index in [4.69, 9.17) is 4.74 Å². The first-order valence-electron chi connectivity index (χ1n) is 6.80. The number of methoxy groups -OCH3 is 3. The number of carbonyl (C=O) groups is 2. The molecule has 1 unspecified atom stereocenters. The Labute approximate surface area is 133 Å². The molecule has 0 aliphatic rings. The molecule has 0 aliphatic heterocycles. The molecule has 2 atom stereocenters. The average Bonchev–Trinajstić information content (AvgIpc) is 2.57. The molecule has 0 heterocycles. The van der Waals surface area contributed by atoms with E-state index in [1.807, 2.05) is 0 Å². The van der Waals surface area contributed by atoms with Gasteiger partial charge in [0.2, 0.25) is 6.04 Å². The number of nitro groups is 1. The molecule has 1 aromatic rings. The van der Waals surface area contributed by atoms with Crippen molar-refractivity contribution < 1.29 is 28.7 Å². The summed E-state index contributed by atoms with van der Waals surface area (Å²) in [6.45, 7) is 1.33. The summed E-state index contributed by atoms with van der Waals surface area (Å²) in [4.78, 5) is 34.7. The standard InChI is InChI=1S/C15H19NO7/c1-9(16(19)20)12(10-5-7-11(21-2)8-6-10)13(14(17)22-3)15(18)23-4/h5-9,12-13H,1-4H3/t9?,12-/m0/s1. The number of benzene rings is 1. The summed E-state index contributed by atoms with van der Waals surface area (Å²) in [6, 6.07) is 5.14. The third-order valence-corrected chi connectivity index (χ3v) is 3.62. The predicted molar refractivity (Wildman–Crippen MR) is 79.7 cm³/mol. The van der Waals surface area contributed by atoms with Crippen LogP contribution >= 0.6 is 0 Å². The molecule has 0 spiro atoms. The number of nitrogens with zero attached hydrogens (tertiary/aromatic N) is 1. The molecule has 8 nitrogen and oxygen atoms in total. The lowest BCUT2D eigenvalue weighted by Gasteiger charge is -2.24. The maximum atomic E-state index is 12.0. The highest BCUT2D eigenvalue weighted by molar-refractivity contribution is 5.96. The van der Waals surface area contributed by atoms with Crippen LogP contribution in [-0.4, -0.2) is 44.2 Å². The molecule has 8 heteroatoms. The molecule has 0 bridgehead atoms. The summed E-state index contributed by atoms with van der Waals surface area (Å²) in [5, 5.41) is 11.2. The first-order valence-corrected chi connectivity index (χ1v) is 6.80. The molecule has 1 aromatic carbocycles. The molecule has 0 amide bonds. The van der Waals surface area contributed by atoms with Crippen LogP contribution in [0.3, 0.4) is 0 Å². The fraction of sp³-hybridized carbons (Fsp3) is 0.467. The van der Waals surface area contributed by atoms with Crippen LogP contribution in [0.25, 0.3) is 0 Å². The second-order valence-electron chi connectivity index (χ2n) is 4.85. The van der Waals surface area contributed by atoms with Crippen LogP contribution < -0.4 is 4.74 Å². The van der Waals surface area contributed by atoms with Crippen LogP contribution in [-0.2, 0) is 19.1 Å². The largest absolute Gasteiger partial charge is 0.497 e. The molecule has 0 aromatic heterocycles. The van der Waals surface area contributed by atoms with Gasteiger partial charge in [0.25, 0.3) is 0 Å². The van der Waals surface area contributed by atoms with Crippen LogP contribution in [0.2, 0.25) is 0 Å². The van der Waals surface area contributed by atoms with Crippen molar-refractivity contribution in [2.75, 3.05) is 21.3 Å². The minimum atomic E-state index is -1.43. The van der Waals surface area contributed by atoms with Gasteiger partial charge in [-0.3, -0.25) is 19.7 Å². The second-order valence-corrected chi connectivity index (χ2v) is 4.85. The summed E-state index contributed by atoms with van der Waals surface area (Å²) in [5.74, 6) is -3.68. The van der Waals surface area contributed by atoms with Gasteiger partial charge < -0.3 is 14.2 Å². The summed E-state index contributed by atoms with van der Waals surface area (Å²) in [6.07, 6.45) is 0. The van der Waals surface area contributed by atoms with E-state index in [9.17, 15) is 19.7 Å². The van der Waals surface area contributed by atoms with E-state index in [0.717, 1.165) is 14.2 Å². The average molecular weight is 325 g/mol. The number of hydrogen-bond acceptors (Lipinski definition) is 7. The first kappa shape index (κ1) is 18.4. The molecule has 1 rings (SSSR count). The summed E-state index contributed by atoms with van der Waals surface area (Å²) in [5.41, 5.74) is 0.441. The molecular weight excluding hydrogens is 306 g/mol. The Morgan fingerprint density at radius 3 is 1.87 bits per heavy atom. The summed E-state index contributed by atoms with van der Waals surface area (Å²) in [7, 11) is 3.71. The Hall–Kier alpha value is -2.64. The van der Waals surface area contributed by atoms with E-state index in [1.54, 1.807) is 24.3 Å². The van der Waals surface area contributed by atoms with Crippen molar-refractivity contribution in [2.24, 2.45) is 5.92 Å². The van der Waals surface area contributed by atoms with Gasteiger partial charge in [-0.15, -0.1) is 0 Å². The van der Waals surface area contributed by atoms with E-state index in [-0.39, 0.29) is 0 Å². The van der Waals surface area contributed by atoms with E-state index in [1.165, 1.54) is 14.0 Å². The number of ether oxygens (including phenoxy) is 3. The minimum Gasteiger partial charge on any atom is -0.497 e. The fourth-order valence-corrected chi connectivity index (χ4v) is 2.35. The fourth-order valence-electron chi connectivity index (χ4n) is 2.35. The third kappa shape index (κ3) is 4.18. The van der Waals surface area contributed by atoms with Crippen LogP contribution in [0.15, 0.2) is 24.3 Å². The van der Waals surface area contributed by atoms with Gasteiger partial charge in [-0.05, 0) is 17.7 Å². The van der Waals surface area contributed by atoms with Gasteiger partial charge in [0, 0.05) is 11.8 Å². The molecule has 0 N–H and O–H groups in total. The Balaban J connectivity index is 3.38. The zero-order valence-electron chi connectivity index (χ0n) is 13.3. The van der Waals surface area contributed by atoms with E-state index < -0.39 is 34.7 Å². The van der Waals surface area contributed by atoms with Crippen LogP contribution in [0.5, 0.6) is 5.75 Å². The highest BCUT2D eigenvalue weighted by atomic mass is 16.6. The maximum absolute atomic E-state index is 12.0. The zero-order chi connectivity index (χ0) is 17.6. The number of esters is 2. The monoisotopic (exact) mass is 325 g/mol. The lowest BCUT2D eigenvalue weighted by molar-refractivity contribution is -0.523. The summed E-state index contributed by atoms with van der Waals surface area (Å²) >= 11 is 0. The predicted octanol–water partition coefficient (Wildman–Crippen LogP) is 1.41. The van der Waals surface area contributed by atoms with E-state index >= 15 is 0 Å². The van der Waals surface area contributed by atoms with Crippen molar-refractivity contribution in [3.05, 3.63) is 39.9 Å². The van der Waals surface area contributed by atoms with Gasteiger partial charge >= 0.3 is 11.9 Å². The molecule has 0 aliphatic carbocycles. The molecule has 126 valence electrons. The quantitative estimate of drug-likeness (QED) is 0.323. The molecule has 0 saturated carbocycles. The van der Waals surface area contributed by atoms with Gasteiger partial charge in [0.15, 0.2) is 5.92 Å². The summed E-state index contributed by atoms with van der Waals surface area (Å²) < 4.78 is 14.3. The van der Waals surface area contributed by atoms with Crippen molar-refractivity contribution in [1.29, 1.82) is 0 Å². The Kier molecular flexibility index (Phi) is 6.49. The second kappa shape index (κ2) is 8.11. The molecule has 23 heavy (non-hydrogen) atoms. The lowest BCUT2D eigenvalue weighted by Crippen LogP contribution is -2.39. The van der Waals surface area contributed by atoms with E-state index in [0.29, 0.717) is 11.3 Å². The van der Waals surface area contributed by atoms with Crippen LogP contribution in [0.4, 0.5) is 0 Å². The van der Waals surface area contributed by atoms with Crippen molar-refractivity contribution >= 4 is 11.9 Å². The lowest BCUT2D eigenvalue weighted by atomic mass is 9.81. The SMILES string of the molecule is COC(=O)C(C(=O)OC)[C@H](c1ccc(OC)cc1)C(C)[N+](=O)[O-]. The molecular formula is C15H19NO7. The van der Waals surface area contributed by atoms with Gasteiger partial charge in [-0.1, -0.05) is 12.1 Å².